The lowest BCUT2D eigenvalue weighted by Gasteiger charge is -2.21. The Morgan fingerprint density at radius 2 is 2.05 bits per heavy atom. The number of hydrogen-bond acceptors (Lipinski definition) is 5. The number of aromatic carboxylic acids is 1. The van der Waals surface area contributed by atoms with Crippen LogP contribution in [0.2, 0.25) is 5.02 Å². The predicted octanol–water partition coefficient (Wildman–Crippen LogP) is 0.668. The van der Waals surface area contributed by atoms with Crippen LogP contribution in [0.1, 0.15) is 10.4 Å². The third-order valence-corrected chi connectivity index (χ3v) is 4.91. The zero-order chi connectivity index (χ0) is 16.0. The monoisotopic (exact) mass is 337 g/mol. The molecule has 7 nitrogen and oxygen atoms in total. The summed E-state index contributed by atoms with van der Waals surface area (Å²) < 4.78 is 30.7. The first-order chi connectivity index (χ1) is 9.84. The zero-order valence-corrected chi connectivity index (χ0v) is 12.9. The highest BCUT2D eigenvalue weighted by Gasteiger charge is 2.25. The molecule has 0 radical (unpaired) electrons. The van der Waals surface area contributed by atoms with E-state index < -0.39 is 16.0 Å². The Labute approximate surface area is 127 Å². The van der Waals surface area contributed by atoms with Gasteiger partial charge in [-0.15, -0.1) is 0 Å². The second-order valence-corrected chi connectivity index (χ2v) is 6.41. The van der Waals surface area contributed by atoms with Gasteiger partial charge in [-0.1, -0.05) is 11.6 Å². The molecule has 0 heterocycles. The van der Waals surface area contributed by atoms with Crippen molar-refractivity contribution in [2.75, 3.05) is 33.4 Å². The van der Waals surface area contributed by atoms with E-state index in [4.69, 9.17) is 26.6 Å². The predicted molar refractivity (Wildman–Crippen MR) is 76.1 cm³/mol. The number of carboxylic acids is 1. The fourth-order valence-corrected chi connectivity index (χ4v) is 3.40. The normalized spacial score (nSPS) is 11.8. The molecule has 0 amide bonds. The molecule has 0 saturated carbocycles. The van der Waals surface area contributed by atoms with Crippen LogP contribution in [-0.2, 0) is 14.8 Å². The first-order valence-electron chi connectivity index (χ1n) is 5.97. The summed E-state index contributed by atoms with van der Waals surface area (Å²) in [4.78, 5) is 10.7. The summed E-state index contributed by atoms with van der Waals surface area (Å²) in [5.41, 5.74) is -0.179. The first kappa shape index (κ1) is 17.9. The smallest absolute Gasteiger partial charge is 0.337 e. The van der Waals surface area contributed by atoms with Gasteiger partial charge >= 0.3 is 5.97 Å². The standard InChI is InChI=1S/C12H16ClNO6S/c1-20-7-5-14(4-6-15)21(18,19)9-2-3-10(12(16)17)11(13)8-9/h2-3,8,15H,4-7H2,1H3,(H,16,17). The Hall–Kier alpha value is -1.19. The molecule has 0 spiro atoms. The highest BCUT2D eigenvalue weighted by molar-refractivity contribution is 7.89. The first-order valence-corrected chi connectivity index (χ1v) is 7.79. The lowest BCUT2D eigenvalue weighted by atomic mass is 10.2. The SMILES string of the molecule is COCCN(CCO)S(=O)(=O)c1ccc(C(=O)O)c(Cl)c1. The van der Waals surface area contributed by atoms with Crippen LogP contribution in [0.3, 0.4) is 0 Å². The van der Waals surface area contributed by atoms with Gasteiger partial charge in [-0.3, -0.25) is 0 Å². The van der Waals surface area contributed by atoms with Crippen LogP contribution in [0.4, 0.5) is 0 Å². The van der Waals surface area contributed by atoms with Gasteiger partial charge in [-0.2, -0.15) is 4.31 Å². The van der Waals surface area contributed by atoms with E-state index in [0.717, 1.165) is 16.4 Å². The molecule has 0 aliphatic rings. The Kier molecular flexibility index (Phi) is 6.56. The number of methoxy groups -OCH3 is 1. The van der Waals surface area contributed by atoms with Crippen molar-refractivity contribution < 1.29 is 28.2 Å². The molecule has 1 aromatic rings. The topological polar surface area (TPSA) is 104 Å². The van der Waals surface area contributed by atoms with Crippen molar-refractivity contribution in [1.82, 2.24) is 4.31 Å². The number of ether oxygens (including phenoxy) is 1. The molecule has 9 heteroatoms. The highest BCUT2D eigenvalue weighted by Crippen LogP contribution is 2.23. The van der Waals surface area contributed by atoms with E-state index in [1.807, 2.05) is 0 Å². The molecule has 21 heavy (non-hydrogen) atoms. The van der Waals surface area contributed by atoms with Gasteiger partial charge in [0.05, 0.1) is 28.7 Å². The molecule has 0 unspecified atom stereocenters. The number of hydrogen-bond donors (Lipinski definition) is 2. The molecule has 118 valence electrons. The van der Waals surface area contributed by atoms with Crippen LogP contribution < -0.4 is 0 Å². The van der Waals surface area contributed by atoms with Crippen LogP contribution in [0.15, 0.2) is 23.1 Å². The third-order valence-electron chi connectivity index (χ3n) is 2.70. The molecule has 0 bridgehead atoms. The highest BCUT2D eigenvalue weighted by atomic mass is 35.5. The second kappa shape index (κ2) is 7.71. The van der Waals surface area contributed by atoms with E-state index in [1.54, 1.807) is 0 Å². The van der Waals surface area contributed by atoms with Crippen molar-refractivity contribution in [2.45, 2.75) is 4.90 Å². The molecular weight excluding hydrogens is 322 g/mol. The van der Waals surface area contributed by atoms with Gasteiger partial charge in [0.1, 0.15) is 0 Å². The van der Waals surface area contributed by atoms with Crippen LogP contribution in [0.5, 0.6) is 0 Å². The molecule has 1 aromatic carbocycles. The number of aliphatic hydroxyl groups is 1. The summed E-state index contributed by atoms with van der Waals surface area (Å²) in [6.07, 6.45) is 0. The molecule has 1 rings (SSSR count). The van der Waals surface area contributed by atoms with E-state index >= 15 is 0 Å². The average molecular weight is 338 g/mol. The van der Waals surface area contributed by atoms with Crippen LogP contribution in [0, 0.1) is 0 Å². The summed E-state index contributed by atoms with van der Waals surface area (Å²) in [6, 6.07) is 3.38. The summed E-state index contributed by atoms with van der Waals surface area (Å²) in [5, 5.41) is 17.7. The van der Waals surface area contributed by atoms with Crippen molar-refractivity contribution in [3.8, 4) is 0 Å². The summed E-state index contributed by atoms with van der Waals surface area (Å²) >= 11 is 5.78. The van der Waals surface area contributed by atoms with E-state index in [1.165, 1.54) is 13.2 Å². The van der Waals surface area contributed by atoms with Gasteiger partial charge in [0, 0.05) is 20.2 Å². The van der Waals surface area contributed by atoms with Crippen molar-refractivity contribution in [3.05, 3.63) is 28.8 Å². The Morgan fingerprint density at radius 3 is 2.52 bits per heavy atom. The van der Waals surface area contributed by atoms with Gasteiger partial charge in [0.25, 0.3) is 0 Å². The van der Waals surface area contributed by atoms with E-state index in [-0.39, 0.29) is 41.8 Å². The van der Waals surface area contributed by atoms with Gasteiger partial charge in [-0.05, 0) is 18.2 Å². The zero-order valence-electron chi connectivity index (χ0n) is 11.3. The van der Waals surface area contributed by atoms with Crippen LogP contribution in [0.25, 0.3) is 0 Å². The maximum Gasteiger partial charge on any atom is 0.337 e. The number of carbonyl (C=O) groups is 1. The molecule has 0 aliphatic heterocycles. The Balaban J connectivity index is 3.15. The maximum atomic E-state index is 12.4. The molecular formula is C12H16ClNO6S. The number of sulfonamides is 1. The van der Waals surface area contributed by atoms with Gasteiger partial charge in [0.2, 0.25) is 10.0 Å². The minimum atomic E-state index is -3.88. The fraction of sp³-hybridized carbons (Fsp3) is 0.417. The lowest BCUT2D eigenvalue weighted by molar-refractivity contribution is 0.0697. The number of aliphatic hydroxyl groups excluding tert-OH is 1. The molecule has 0 aromatic heterocycles. The van der Waals surface area contributed by atoms with Crippen molar-refractivity contribution >= 4 is 27.6 Å². The number of halogens is 1. The minimum absolute atomic E-state index is 0.0672. The summed E-state index contributed by atoms with van der Waals surface area (Å²) in [7, 11) is -2.45. The van der Waals surface area contributed by atoms with Crippen molar-refractivity contribution in [2.24, 2.45) is 0 Å². The number of benzene rings is 1. The quantitative estimate of drug-likeness (QED) is 0.722. The number of rotatable bonds is 8. The van der Waals surface area contributed by atoms with E-state index in [2.05, 4.69) is 0 Å². The van der Waals surface area contributed by atoms with Crippen molar-refractivity contribution in [3.63, 3.8) is 0 Å². The molecule has 2 N–H and O–H groups in total. The molecule has 0 fully saturated rings. The van der Waals surface area contributed by atoms with Crippen LogP contribution in [-0.4, -0.2) is 62.3 Å². The van der Waals surface area contributed by atoms with Gasteiger partial charge < -0.3 is 14.9 Å². The van der Waals surface area contributed by atoms with Crippen molar-refractivity contribution in [1.29, 1.82) is 0 Å². The summed E-state index contributed by atoms with van der Waals surface area (Å²) in [6.45, 7) is -0.203. The van der Waals surface area contributed by atoms with Crippen LogP contribution >= 0.6 is 11.6 Å². The minimum Gasteiger partial charge on any atom is -0.478 e. The molecule has 0 atom stereocenters. The summed E-state index contributed by atoms with van der Waals surface area (Å²) in [5.74, 6) is -1.24. The van der Waals surface area contributed by atoms with Gasteiger partial charge in [0.15, 0.2) is 0 Å². The van der Waals surface area contributed by atoms with E-state index in [9.17, 15) is 13.2 Å². The number of carboxylic acid groups (broad SMARTS) is 1. The number of nitrogens with zero attached hydrogens (tertiary/aromatic N) is 1. The average Bonchev–Trinajstić information content (AvgIpc) is 2.42. The Morgan fingerprint density at radius 1 is 1.38 bits per heavy atom. The lowest BCUT2D eigenvalue weighted by Crippen LogP contribution is -2.36. The Bertz CT molecular complexity index is 604. The third kappa shape index (κ3) is 4.39. The second-order valence-electron chi connectivity index (χ2n) is 4.07. The maximum absolute atomic E-state index is 12.4. The fourth-order valence-electron chi connectivity index (χ4n) is 1.64. The molecule has 0 saturated heterocycles. The largest absolute Gasteiger partial charge is 0.478 e. The van der Waals surface area contributed by atoms with E-state index in [0.29, 0.717) is 0 Å². The molecule has 0 aliphatic carbocycles. The van der Waals surface area contributed by atoms with Gasteiger partial charge in [-0.25, -0.2) is 13.2 Å².